The number of hydrogen-bond donors (Lipinski definition) is 2. The van der Waals surface area contributed by atoms with Crippen molar-refractivity contribution >= 4 is 46.2 Å². The predicted molar refractivity (Wildman–Crippen MR) is 127 cm³/mol. The molecular formula is C19H33IN6OS. The lowest BCUT2D eigenvalue weighted by atomic mass is 10.0. The van der Waals surface area contributed by atoms with Gasteiger partial charge in [-0.05, 0) is 19.3 Å². The van der Waals surface area contributed by atoms with Gasteiger partial charge in [0.1, 0.15) is 0 Å². The van der Waals surface area contributed by atoms with Crippen LogP contribution in [0.2, 0.25) is 0 Å². The predicted octanol–water partition coefficient (Wildman–Crippen LogP) is 2.82. The zero-order valence-corrected chi connectivity index (χ0v) is 20.2. The SMILES string of the molecule is CCNC(=NCc1cn2ccsc2n1)NCC(CC(C)C)N1CCOCC1.I. The van der Waals surface area contributed by atoms with Crippen LogP contribution in [-0.4, -0.2) is 65.7 Å². The molecule has 1 fully saturated rings. The zero-order valence-electron chi connectivity index (χ0n) is 17.1. The minimum Gasteiger partial charge on any atom is -0.379 e. The van der Waals surface area contributed by atoms with Crippen LogP contribution in [0, 0.1) is 5.92 Å². The number of imidazole rings is 1. The first kappa shape index (κ1) is 23.4. The molecule has 1 aliphatic rings. The third kappa shape index (κ3) is 6.85. The second kappa shape index (κ2) is 11.9. The Balaban J connectivity index is 0.00000280. The van der Waals surface area contributed by atoms with Crippen molar-refractivity contribution in [3.05, 3.63) is 23.5 Å². The molecule has 1 atom stereocenters. The molecule has 1 saturated heterocycles. The van der Waals surface area contributed by atoms with Crippen molar-refractivity contribution in [1.82, 2.24) is 24.9 Å². The van der Waals surface area contributed by atoms with E-state index < -0.39 is 0 Å². The van der Waals surface area contributed by atoms with Crippen LogP contribution in [0.1, 0.15) is 32.9 Å². The Labute approximate surface area is 189 Å². The van der Waals surface area contributed by atoms with Crippen molar-refractivity contribution in [3.8, 4) is 0 Å². The van der Waals surface area contributed by atoms with E-state index in [2.05, 4.69) is 41.3 Å². The van der Waals surface area contributed by atoms with Gasteiger partial charge in [0.2, 0.25) is 0 Å². The summed E-state index contributed by atoms with van der Waals surface area (Å²) in [4.78, 5) is 12.9. The lowest BCUT2D eigenvalue weighted by molar-refractivity contribution is 0.0132. The van der Waals surface area contributed by atoms with Gasteiger partial charge in [-0.3, -0.25) is 9.30 Å². The minimum atomic E-state index is 0. The van der Waals surface area contributed by atoms with E-state index in [1.807, 2.05) is 22.2 Å². The number of halogens is 1. The third-order valence-electron chi connectivity index (χ3n) is 4.70. The molecule has 7 nitrogen and oxygen atoms in total. The van der Waals surface area contributed by atoms with Crippen molar-refractivity contribution in [2.45, 2.75) is 39.8 Å². The van der Waals surface area contributed by atoms with E-state index in [1.165, 1.54) is 6.42 Å². The first-order valence-electron chi connectivity index (χ1n) is 9.90. The smallest absolute Gasteiger partial charge is 0.193 e. The van der Waals surface area contributed by atoms with Crippen molar-refractivity contribution < 1.29 is 4.74 Å². The van der Waals surface area contributed by atoms with Crippen LogP contribution in [0.3, 0.4) is 0 Å². The minimum absolute atomic E-state index is 0. The van der Waals surface area contributed by atoms with Gasteiger partial charge in [-0.2, -0.15) is 0 Å². The first-order valence-corrected chi connectivity index (χ1v) is 10.8. The van der Waals surface area contributed by atoms with Crippen LogP contribution in [0.5, 0.6) is 0 Å². The van der Waals surface area contributed by atoms with Gasteiger partial charge >= 0.3 is 0 Å². The van der Waals surface area contributed by atoms with E-state index in [4.69, 9.17) is 9.73 Å². The van der Waals surface area contributed by atoms with Crippen molar-refractivity contribution in [2.75, 3.05) is 39.4 Å². The molecule has 1 aliphatic heterocycles. The highest BCUT2D eigenvalue weighted by atomic mass is 127. The van der Waals surface area contributed by atoms with Gasteiger partial charge in [0.05, 0.1) is 25.5 Å². The number of nitrogens with zero attached hydrogens (tertiary/aromatic N) is 4. The lowest BCUT2D eigenvalue weighted by Crippen LogP contribution is -2.51. The zero-order chi connectivity index (χ0) is 19.1. The molecule has 0 bridgehead atoms. The first-order chi connectivity index (χ1) is 13.2. The summed E-state index contributed by atoms with van der Waals surface area (Å²) < 4.78 is 7.57. The molecule has 0 aromatic carbocycles. The number of morpholine rings is 1. The van der Waals surface area contributed by atoms with Gasteiger partial charge < -0.3 is 15.4 Å². The number of guanidine groups is 1. The van der Waals surface area contributed by atoms with Gasteiger partial charge in [-0.15, -0.1) is 35.3 Å². The van der Waals surface area contributed by atoms with Gasteiger partial charge in [0.25, 0.3) is 0 Å². The van der Waals surface area contributed by atoms with Gasteiger partial charge in [-0.1, -0.05) is 13.8 Å². The van der Waals surface area contributed by atoms with Crippen LogP contribution in [0.25, 0.3) is 4.96 Å². The molecule has 2 N–H and O–H groups in total. The Morgan fingerprint density at radius 1 is 1.32 bits per heavy atom. The van der Waals surface area contributed by atoms with Crippen LogP contribution < -0.4 is 10.6 Å². The summed E-state index contributed by atoms with van der Waals surface area (Å²) in [5.74, 6) is 1.52. The molecule has 0 spiro atoms. The Kier molecular flexibility index (Phi) is 9.96. The van der Waals surface area contributed by atoms with E-state index in [0.29, 0.717) is 18.5 Å². The fourth-order valence-electron chi connectivity index (χ4n) is 3.42. The molecule has 0 saturated carbocycles. The topological polar surface area (TPSA) is 66.2 Å². The monoisotopic (exact) mass is 520 g/mol. The Hall–Kier alpha value is -0.910. The molecule has 3 heterocycles. The lowest BCUT2D eigenvalue weighted by Gasteiger charge is -2.35. The summed E-state index contributed by atoms with van der Waals surface area (Å²) in [6.45, 7) is 12.7. The Bertz CT molecular complexity index is 696. The molecule has 0 aliphatic carbocycles. The van der Waals surface area contributed by atoms with E-state index in [0.717, 1.165) is 56.0 Å². The molecule has 28 heavy (non-hydrogen) atoms. The standard InChI is InChI=1S/C19H32N6OS.HI/c1-4-20-18(21-12-16-14-25-7-10-27-19(25)23-16)22-13-17(11-15(2)3)24-5-8-26-9-6-24;/h7,10,14-15,17H,4-6,8-9,11-13H2,1-3H3,(H2,20,21,22);1H. The summed E-state index contributed by atoms with van der Waals surface area (Å²) >= 11 is 1.64. The van der Waals surface area contributed by atoms with Crippen LogP contribution in [0.4, 0.5) is 0 Å². The van der Waals surface area contributed by atoms with Crippen LogP contribution in [-0.2, 0) is 11.3 Å². The summed E-state index contributed by atoms with van der Waals surface area (Å²) in [7, 11) is 0. The fraction of sp³-hybridized carbons (Fsp3) is 0.684. The average Bonchev–Trinajstić information content (AvgIpc) is 3.25. The summed E-state index contributed by atoms with van der Waals surface area (Å²) in [5.41, 5.74) is 0.992. The fourth-order valence-corrected chi connectivity index (χ4v) is 4.14. The summed E-state index contributed by atoms with van der Waals surface area (Å²) in [5, 5.41) is 8.94. The molecule has 2 aromatic rings. The van der Waals surface area contributed by atoms with Crippen molar-refractivity contribution in [2.24, 2.45) is 10.9 Å². The maximum atomic E-state index is 5.52. The van der Waals surface area contributed by atoms with Gasteiger partial charge in [-0.25, -0.2) is 9.98 Å². The molecular weight excluding hydrogens is 487 g/mol. The van der Waals surface area contributed by atoms with Crippen molar-refractivity contribution in [1.29, 1.82) is 0 Å². The van der Waals surface area contributed by atoms with E-state index in [-0.39, 0.29) is 24.0 Å². The van der Waals surface area contributed by atoms with Crippen LogP contribution in [0.15, 0.2) is 22.8 Å². The average molecular weight is 520 g/mol. The van der Waals surface area contributed by atoms with Crippen LogP contribution >= 0.6 is 35.3 Å². The second-order valence-corrected chi connectivity index (χ2v) is 8.21. The maximum Gasteiger partial charge on any atom is 0.193 e. The van der Waals surface area contributed by atoms with Gasteiger partial charge in [0.15, 0.2) is 10.9 Å². The molecule has 3 rings (SSSR count). The highest BCUT2D eigenvalue weighted by molar-refractivity contribution is 14.0. The molecule has 158 valence electrons. The summed E-state index contributed by atoms with van der Waals surface area (Å²) in [6.07, 6.45) is 5.25. The van der Waals surface area contributed by atoms with Crippen molar-refractivity contribution in [3.63, 3.8) is 0 Å². The molecule has 9 heteroatoms. The molecule has 1 unspecified atom stereocenters. The Morgan fingerprint density at radius 3 is 2.79 bits per heavy atom. The largest absolute Gasteiger partial charge is 0.379 e. The molecule has 0 amide bonds. The van der Waals surface area contributed by atoms with Gasteiger partial charge in [0, 0.05) is 50.0 Å². The Morgan fingerprint density at radius 2 is 2.11 bits per heavy atom. The highest BCUT2D eigenvalue weighted by Gasteiger charge is 2.22. The highest BCUT2D eigenvalue weighted by Crippen LogP contribution is 2.13. The maximum absolute atomic E-state index is 5.52. The number of nitrogens with one attached hydrogen (secondary N) is 2. The number of ether oxygens (including phenoxy) is 1. The quantitative estimate of drug-likeness (QED) is 0.319. The normalized spacial score (nSPS) is 16.9. The summed E-state index contributed by atoms with van der Waals surface area (Å²) in [6, 6.07) is 0.496. The van der Waals surface area contributed by atoms with E-state index in [1.54, 1.807) is 11.3 Å². The second-order valence-electron chi connectivity index (χ2n) is 7.33. The number of aromatic nitrogens is 2. The number of fused-ring (bicyclic) bond motifs is 1. The number of aliphatic imine (C=N–C) groups is 1. The molecule has 0 radical (unpaired) electrons. The third-order valence-corrected chi connectivity index (χ3v) is 5.47. The molecule has 2 aromatic heterocycles. The van der Waals surface area contributed by atoms with E-state index in [9.17, 15) is 0 Å². The number of thiazole rings is 1. The van der Waals surface area contributed by atoms with E-state index >= 15 is 0 Å². The number of hydrogen-bond acceptors (Lipinski definition) is 5. The number of rotatable bonds is 8.